The fraction of sp³-hybridized carbons (Fsp3) is 0.227. The van der Waals surface area contributed by atoms with Crippen LogP contribution in [0.1, 0.15) is 47.7 Å². The molecule has 0 aliphatic heterocycles. The van der Waals surface area contributed by atoms with E-state index in [0.717, 1.165) is 24.1 Å². The number of carboxylic acids is 1. The van der Waals surface area contributed by atoms with Gasteiger partial charge in [-0.2, -0.15) is 4.39 Å². The van der Waals surface area contributed by atoms with E-state index < -0.39 is 11.9 Å². The number of rotatable bonds is 8. The SMILES string of the molecule is CCCc1c(C\C=C/C=C\N=C(/C)c2cccc(F)n2)ncn2c(C(=O)O)cnc12. The first-order valence-electron chi connectivity index (χ1n) is 9.57. The predicted molar refractivity (Wildman–Crippen MR) is 112 cm³/mol. The van der Waals surface area contributed by atoms with Crippen LogP contribution in [0.3, 0.4) is 0 Å². The number of hydrogen-bond donors (Lipinski definition) is 1. The molecule has 3 rings (SSSR count). The highest BCUT2D eigenvalue weighted by Gasteiger charge is 2.15. The van der Waals surface area contributed by atoms with Gasteiger partial charge >= 0.3 is 5.97 Å². The molecule has 0 atom stereocenters. The number of carbonyl (C=O) groups is 1. The quantitative estimate of drug-likeness (QED) is 0.346. The van der Waals surface area contributed by atoms with E-state index in [9.17, 15) is 14.3 Å². The molecule has 0 aromatic carbocycles. The molecule has 0 amide bonds. The summed E-state index contributed by atoms with van der Waals surface area (Å²) in [6.45, 7) is 3.82. The van der Waals surface area contributed by atoms with Gasteiger partial charge in [-0.3, -0.25) is 9.39 Å². The molecule has 8 heteroatoms. The summed E-state index contributed by atoms with van der Waals surface area (Å²) in [4.78, 5) is 28.1. The molecule has 0 aliphatic rings. The van der Waals surface area contributed by atoms with Crippen molar-refractivity contribution < 1.29 is 14.3 Å². The number of hydrogen-bond acceptors (Lipinski definition) is 5. The van der Waals surface area contributed by atoms with Gasteiger partial charge in [0.25, 0.3) is 0 Å². The van der Waals surface area contributed by atoms with Crippen molar-refractivity contribution >= 4 is 17.3 Å². The molecular weight excluding hydrogens is 385 g/mol. The molecule has 3 heterocycles. The van der Waals surface area contributed by atoms with Crippen molar-refractivity contribution in [2.24, 2.45) is 4.99 Å². The normalized spacial score (nSPS) is 12.4. The van der Waals surface area contributed by atoms with Crippen LogP contribution in [0.5, 0.6) is 0 Å². The Morgan fingerprint density at radius 2 is 2.13 bits per heavy atom. The van der Waals surface area contributed by atoms with Gasteiger partial charge in [-0.25, -0.2) is 19.7 Å². The molecule has 0 bridgehead atoms. The van der Waals surface area contributed by atoms with Crippen molar-refractivity contribution in [1.82, 2.24) is 19.4 Å². The summed E-state index contributed by atoms with van der Waals surface area (Å²) in [5.41, 5.74) is 3.65. The third-order valence-electron chi connectivity index (χ3n) is 4.46. The van der Waals surface area contributed by atoms with Gasteiger partial charge in [-0.15, -0.1) is 0 Å². The third-order valence-corrected chi connectivity index (χ3v) is 4.46. The minimum atomic E-state index is -1.03. The van der Waals surface area contributed by atoms with Gasteiger partial charge in [-0.1, -0.05) is 31.6 Å². The van der Waals surface area contributed by atoms with E-state index in [0.29, 0.717) is 23.5 Å². The van der Waals surface area contributed by atoms with Gasteiger partial charge in [-0.05, 0) is 31.6 Å². The van der Waals surface area contributed by atoms with Crippen LogP contribution in [0.4, 0.5) is 4.39 Å². The number of nitrogens with zero attached hydrogens (tertiary/aromatic N) is 5. The van der Waals surface area contributed by atoms with Gasteiger partial charge in [0.2, 0.25) is 5.95 Å². The molecule has 0 saturated heterocycles. The highest BCUT2D eigenvalue weighted by atomic mass is 19.1. The Balaban J connectivity index is 1.72. The second kappa shape index (κ2) is 9.69. The maximum Gasteiger partial charge on any atom is 0.354 e. The fourth-order valence-electron chi connectivity index (χ4n) is 3.01. The molecule has 3 aromatic heterocycles. The first-order chi connectivity index (χ1) is 14.5. The van der Waals surface area contributed by atoms with Gasteiger partial charge in [0.05, 0.1) is 23.3 Å². The van der Waals surface area contributed by atoms with E-state index in [2.05, 4.69) is 26.9 Å². The number of aliphatic imine (C=N–C) groups is 1. The second-order valence-corrected chi connectivity index (χ2v) is 6.60. The Kier molecular flexibility index (Phi) is 6.79. The first-order valence-corrected chi connectivity index (χ1v) is 9.57. The summed E-state index contributed by atoms with van der Waals surface area (Å²) < 4.78 is 14.7. The molecular formula is C22H22FN5O2. The number of aromatic carboxylic acids is 1. The van der Waals surface area contributed by atoms with Crippen LogP contribution in [0.2, 0.25) is 0 Å². The van der Waals surface area contributed by atoms with E-state index in [1.165, 1.54) is 23.0 Å². The first kappa shape index (κ1) is 21.0. The van der Waals surface area contributed by atoms with Gasteiger partial charge in [0.1, 0.15) is 12.0 Å². The Bertz CT molecular complexity index is 1150. The van der Waals surface area contributed by atoms with E-state index in [-0.39, 0.29) is 5.69 Å². The monoisotopic (exact) mass is 407 g/mol. The summed E-state index contributed by atoms with van der Waals surface area (Å²) >= 11 is 0. The van der Waals surface area contributed by atoms with Crippen LogP contribution in [-0.4, -0.2) is 36.1 Å². The lowest BCUT2D eigenvalue weighted by Crippen LogP contribution is -2.06. The van der Waals surface area contributed by atoms with Crippen molar-refractivity contribution in [3.8, 4) is 0 Å². The number of imidazole rings is 1. The smallest absolute Gasteiger partial charge is 0.354 e. The topological polar surface area (TPSA) is 92.7 Å². The Hall–Kier alpha value is -3.68. The molecule has 0 radical (unpaired) electrons. The van der Waals surface area contributed by atoms with E-state index >= 15 is 0 Å². The maximum absolute atomic E-state index is 13.2. The number of carboxylic acid groups (broad SMARTS) is 1. The van der Waals surface area contributed by atoms with Crippen LogP contribution in [0.25, 0.3) is 5.65 Å². The summed E-state index contributed by atoms with van der Waals surface area (Å²) in [5.74, 6) is -1.57. The summed E-state index contributed by atoms with van der Waals surface area (Å²) in [7, 11) is 0. The maximum atomic E-state index is 13.2. The van der Waals surface area contributed by atoms with Crippen LogP contribution in [0, 0.1) is 5.95 Å². The molecule has 7 nitrogen and oxygen atoms in total. The van der Waals surface area contributed by atoms with Crippen molar-refractivity contribution in [2.75, 3.05) is 0 Å². The summed E-state index contributed by atoms with van der Waals surface area (Å²) in [6, 6.07) is 4.59. The van der Waals surface area contributed by atoms with E-state index in [1.54, 1.807) is 31.3 Å². The number of fused-ring (bicyclic) bond motifs is 1. The molecule has 154 valence electrons. The Morgan fingerprint density at radius 1 is 1.30 bits per heavy atom. The average Bonchev–Trinajstić information content (AvgIpc) is 3.16. The van der Waals surface area contributed by atoms with Crippen molar-refractivity contribution in [2.45, 2.75) is 33.1 Å². The molecule has 0 fully saturated rings. The zero-order chi connectivity index (χ0) is 21.5. The Morgan fingerprint density at radius 3 is 2.87 bits per heavy atom. The lowest BCUT2D eigenvalue weighted by Gasteiger charge is -2.08. The van der Waals surface area contributed by atoms with Crippen molar-refractivity contribution in [1.29, 1.82) is 0 Å². The van der Waals surface area contributed by atoms with Crippen LogP contribution >= 0.6 is 0 Å². The van der Waals surface area contributed by atoms with Gasteiger partial charge in [0.15, 0.2) is 5.69 Å². The second-order valence-electron chi connectivity index (χ2n) is 6.60. The molecule has 3 aromatic rings. The minimum absolute atomic E-state index is 0.0981. The molecule has 0 saturated carbocycles. The van der Waals surface area contributed by atoms with Crippen LogP contribution in [0.15, 0.2) is 60.1 Å². The molecule has 0 unspecified atom stereocenters. The predicted octanol–water partition coefficient (Wildman–Crippen LogP) is 4.04. The number of allylic oxidation sites excluding steroid dienone is 3. The van der Waals surface area contributed by atoms with Gasteiger partial charge in [0, 0.05) is 18.2 Å². The van der Waals surface area contributed by atoms with Crippen LogP contribution in [-0.2, 0) is 12.8 Å². The third kappa shape index (κ3) is 4.83. The number of aryl methyl sites for hydroxylation is 1. The largest absolute Gasteiger partial charge is 0.477 e. The number of aromatic nitrogens is 4. The zero-order valence-electron chi connectivity index (χ0n) is 16.8. The lowest BCUT2D eigenvalue weighted by molar-refractivity contribution is 0.0689. The Labute approximate surface area is 173 Å². The number of pyridine rings is 1. The average molecular weight is 407 g/mol. The molecule has 1 N–H and O–H groups in total. The fourth-order valence-corrected chi connectivity index (χ4v) is 3.01. The number of halogens is 1. The minimum Gasteiger partial charge on any atom is -0.477 e. The molecule has 30 heavy (non-hydrogen) atoms. The summed E-state index contributed by atoms with van der Waals surface area (Å²) in [6.07, 6.45) is 12.3. The summed E-state index contributed by atoms with van der Waals surface area (Å²) in [5, 5.41) is 9.27. The van der Waals surface area contributed by atoms with E-state index in [1.807, 2.05) is 12.2 Å². The van der Waals surface area contributed by atoms with E-state index in [4.69, 9.17) is 0 Å². The highest BCUT2D eigenvalue weighted by molar-refractivity contribution is 5.97. The van der Waals surface area contributed by atoms with Crippen molar-refractivity contribution in [3.05, 3.63) is 83.7 Å². The standard InChI is InChI=1S/C22H22FN5O2/c1-3-8-16-18(26-14-28-19(22(29)30)13-25-21(16)28)9-5-4-6-12-24-15(2)17-10-7-11-20(23)27-17/h4-7,10-14H,3,8-9H2,1-2H3,(H,29,30)/b5-4-,12-6-,24-15+. The highest BCUT2D eigenvalue weighted by Crippen LogP contribution is 2.18. The van der Waals surface area contributed by atoms with Crippen molar-refractivity contribution in [3.63, 3.8) is 0 Å². The zero-order valence-corrected chi connectivity index (χ0v) is 16.8. The molecule has 0 spiro atoms. The van der Waals surface area contributed by atoms with Crippen LogP contribution < -0.4 is 0 Å². The lowest BCUT2D eigenvalue weighted by atomic mass is 10.1. The van der Waals surface area contributed by atoms with Gasteiger partial charge < -0.3 is 5.11 Å². The molecule has 0 aliphatic carbocycles.